The third-order valence-electron chi connectivity index (χ3n) is 7.31. The van der Waals surface area contributed by atoms with Gasteiger partial charge in [0, 0.05) is 19.1 Å². The largest absolute Gasteiger partial charge is 0.484 e. The van der Waals surface area contributed by atoms with Crippen molar-refractivity contribution >= 4 is 23.6 Å². The molecular weight excluding hydrogens is 578 g/mol. The first kappa shape index (κ1) is 37.4. The van der Waals surface area contributed by atoms with Gasteiger partial charge in [0.2, 0.25) is 0 Å². The molecule has 3 atom stereocenters. The summed E-state index contributed by atoms with van der Waals surface area (Å²) in [5, 5.41) is 14.2. The molecule has 0 saturated heterocycles. The van der Waals surface area contributed by atoms with Gasteiger partial charge in [-0.3, -0.25) is 19.2 Å². The van der Waals surface area contributed by atoms with E-state index in [2.05, 4.69) is 5.32 Å². The Balaban J connectivity index is 2.12. The zero-order valence-corrected chi connectivity index (χ0v) is 28.1. The Morgan fingerprint density at radius 3 is 1.93 bits per heavy atom. The minimum absolute atomic E-state index is 0.00649. The van der Waals surface area contributed by atoms with Crippen LogP contribution in [-0.2, 0) is 19.2 Å². The Morgan fingerprint density at radius 1 is 0.867 bits per heavy atom. The molecule has 0 fully saturated rings. The smallest absolute Gasteiger partial charge is 0.316 e. The molecule has 248 valence electrons. The van der Waals surface area contributed by atoms with Crippen LogP contribution in [0.4, 0.5) is 0 Å². The summed E-state index contributed by atoms with van der Waals surface area (Å²) >= 11 is 0. The first-order valence-electron chi connectivity index (χ1n) is 14.9. The second-order valence-corrected chi connectivity index (χ2v) is 13.8. The standard InChI is InChI=1S/C34H49N3O8/c1-21(37(10)27(39)20-43-23-14-12-11-13-15-23)28(40)29(35)34(8,9)36-19-24(38)22-16-17-25(44-30(41)32(2,3)4)26(18-22)45-31(42)33(5,6)7/h11-18,21,24,29,36,38H,19-20,35H2,1-10H3/t21-,24?,29?/m0/s1. The monoisotopic (exact) mass is 627 g/mol. The van der Waals surface area contributed by atoms with Crippen LogP contribution in [0.5, 0.6) is 17.2 Å². The summed E-state index contributed by atoms with van der Waals surface area (Å²) in [5.74, 6) is -1.24. The van der Waals surface area contributed by atoms with Crippen LogP contribution in [0, 0.1) is 10.8 Å². The third-order valence-corrected chi connectivity index (χ3v) is 7.31. The van der Waals surface area contributed by atoms with Crippen molar-refractivity contribution in [2.45, 2.75) is 86.0 Å². The zero-order chi connectivity index (χ0) is 34.3. The fourth-order valence-electron chi connectivity index (χ4n) is 3.78. The van der Waals surface area contributed by atoms with Crippen molar-refractivity contribution in [2.75, 3.05) is 20.2 Å². The van der Waals surface area contributed by atoms with E-state index in [1.54, 1.807) is 92.6 Å². The number of nitrogens with one attached hydrogen (secondary N) is 1. The molecule has 0 aliphatic heterocycles. The van der Waals surface area contributed by atoms with Crippen molar-refractivity contribution in [3.05, 3.63) is 54.1 Å². The average Bonchev–Trinajstić information content (AvgIpc) is 2.97. The molecule has 2 aromatic rings. The molecule has 1 amide bonds. The Labute approximate surface area is 266 Å². The Hall–Kier alpha value is -3.80. The number of nitrogens with zero attached hydrogens (tertiary/aromatic N) is 1. The fraction of sp³-hybridized carbons (Fsp3) is 0.529. The van der Waals surface area contributed by atoms with E-state index in [0.29, 0.717) is 11.3 Å². The van der Waals surface area contributed by atoms with Crippen LogP contribution in [0.15, 0.2) is 48.5 Å². The second-order valence-electron chi connectivity index (χ2n) is 13.8. The van der Waals surface area contributed by atoms with Gasteiger partial charge >= 0.3 is 11.9 Å². The molecule has 0 saturated carbocycles. The predicted octanol–water partition coefficient (Wildman–Crippen LogP) is 3.81. The molecule has 45 heavy (non-hydrogen) atoms. The van der Waals surface area contributed by atoms with Crippen molar-refractivity contribution in [2.24, 2.45) is 16.6 Å². The van der Waals surface area contributed by atoms with Crippen LogP contribution in [-0.4, -0.2) is 71.5 Å². The van der Waals surface area contributed by atoms with E-state index in [1.165, 1.54) is 24.1 Å². The number of ether oxygens (including phenoxy) is 3. The number of carbonyl (C=O) groups is 4. The first-order chi connectivity index (χ1) is 20.6. The molecule has 2 aromatic carbocycles. The number of esters is 2. The molecule has 0 radical (unpaired) electrons. The number of aliphatic hydroxyl groups excluding tert-OH is 1. The molecule has 2 rings (SSSR count). The number of amides is 1. The number of hydrogen-bond donors (Lipinski definition) is 3. The van der Waals surface area contributed by atoms with E-state index >= 15 is 0 Å². The van der Waals surface area contributed by atoms with Crippen LogP contribution in [0.1, 0.15) is 74.0 Å². The van der Waals surface area contributed by atoms with E-state index in [4.69, 9.17) is 19.9 Å². The van der Waals surface area contributed by atoms with E-state index < -0.39 is 46.5 Å². The van der Waals surface area contributed by atoms with E-state index in [9.17, 15) is 24.3 Å². The van der Waals surface area contributed by atoms with E-state index in [1.807, 2.05) is 6.07 Å². The molecule has 0 aromatic heterocycles. The third kappa shape index (κ3) is 10.7. The summed E-state index contributed by atoms with van der Waals surface area (Å²) in [4.78, 5) is 52.5. The quantitative estimate of drug-likeness (QED) is 0.220. The number of benzene rings is 2. The lowest BCUT2D eigenvalue weighted by Gasteiger charge is -2.36. The Kier molecular flexibility index (Phi) is 12.5. The number of nitrogens with two attached hydrogens (primary N) is 1. The van der Waals surface area contributed by atoms with Crippen molar-refractivity contribution in [1.29, 1.82) is 0 Å². The van der Waals surface area contributed by atoms with Gasteiger partial charge in [-0.15, -0.1) is 0 Å². The van der Waals surface area contributed by atoms with Gasteiger partial charge in [-0.1, -0.05) is 24.3 Å². The second kappa shape index (κ2) is 15.0. The molecule has 0 aliphatic carbocycles. The molecule has 0 spiro atoms. The predicted molar refractivity (Wildman–Crippen MR) is 171 cm³/mol. The molecule has 11 heteroatoms. The first-order valence-corrected chi connectivity index (χ1v) is 14.9. The minimum Gasteiger partial charge on any atom is -0.484 e. The van der Waals surface area contributed by atoms with Crippen LogP contribution < -0.4 is 25.3 Å². The number of ketones is 1. The van der Waals surface area contributed by atoms with Crippen LogP contribution in [0.3, 0.4) is 0 Å². The Bertz CT molecular complexity index is 1350. The lowest BCUT2D eigenvalue weighted by molar-refractivity contribution is -0.145. The fourth-order valence-corrected chi connectivity index (χ4v) is 3.78. The topological polar surface area (TPSA) is 157 Å². The highest BCUT2D eigenvalue weighted by molar-refractivity contribution is 5.93. The average molecular weight is 628 g/mol. The molecule has 0 heterocycles. The lowest BCUT2D eigenvalue weighted by Crippen LogP contribution is -2.62. The van der Waals surface area contributed by atoms with Gasteiger partial charge in [0.1, 0.15) is 5.75 Å². The van der Waals surface area contributed by atoms with Gasteiger partial charge in [0.25, 0.3) is 5.91 Å². The highest BCUT2D eigenvalue weighted by Crippen LogP contribution is 2.34. The van der Waals surface area contributed by atoms with Gasteiger partial charge in [0.05, 0.1) is 29.0 Å². The molecule has 0 aliphatic rings. The number of rotatable bonds is 13. The number of para-hydroxylation sites is 1. The number of hydrogen-bond acceptors (Lipinski definition) is 10. The molecule has 11 nitrogen and oxygen atoms in total. The number of carbonyl (C=O) groups excluding carboxylic acids is 4. The highest BCUT2D eigenvalue weighted by Gasteiger charge is 2.37. The summed E-state index contributed by atoms with van der Waals surface area (Å²) in [6.07, 6.45) is -1.11. The highest BCUT2D eigenvalue weighted by atomic mass is 16.6. The summed E-state index contributed by atoms with van der Waals surface area (Å²) < 4.78 is 16.6. The summed E-state index contributed by atoms with van der Waals surface area (Å²) in [6.45, 7) is 15.0. The van der Waals surface area contributed by atoms with Gasteiger partial charge in [-0.05, 0) is 92.1 Å². The van der Waals surface area contributed by atoms with Crippen LogP contribution in [0.2, 0.25) is 0 Å². The van der Waals surface area contributed by atoms with Crippen molar-refractivity contribution in [1.82, 2.24) is 10.2 Å². The van der Waals surface area contributed by atoms with Crippen LogP contribution in [0.25, 0.3) is 0 Å². The number of aliphatic hydroxyl groups is 1. The van der Waals surface area contributed by atoms with Gasteiger partial charge < -0.3 is 35.3 Å². The van der Waals surface area contributed by atoms with Gasteiger partial charge in [-0.2, -0.15) is 0 Å². The number of Topliss-reactive ketones (excluding diaryl/α,β-unsaturated/α-hetero) is 1. The lowest BCUT2D eigenvalue weighted by atomic mass is 9.88. The van der Waals surface area contributed by atoms with E-state index in [-0.39, 0.29) is 36.3 Å². The van der Waals surface area contributed by atoms with Gasteiger partial charge in [0.15, 0.2) is 23.9 Å². The van der Waals surface area contributed by atoms with Crippen LogP contribution >= 0.6 is 0 Å². The molecule has 4 N–H and O–H groups in total. The molecule has 2 unspecified atom stereocenters. The van der Waals surface area contributed by atoms with Crippen molar-refractivity contribution in [3.63, 3.8) is 0 Å². The maximum Gasteiger partial charge on any atom is 0.316 e. The number of likely N-dealkylation sites (N-methyl/N-ethyl adjacent to an activating group) is 1. The number of β-amino-alcohol motifs (C(OH)–C–C–N with tert-alkyl or cyclic N) is 1. The maximum absolute atomic E-state index is 13.3. The van der Waals surface area contributed by atoms with E-state index in [0.717, 1.165) is 0 Å². The molecule has 0 bridgehead atoms. The van der Waals surface area contributed by atoms with Gasteiger partial charge in [-0.25, -0.2) is 0 Å². The Morgan fingerprint density at radius 2 is 1.40 bits per heavy atom. The maximum atomic E-state index is 13.3. The minimum atomic E-state index is -1.11. The normalized spacial score (nSPS) is 14.1. The van der Waals surface area contributed by atoms with Crippen molar-refractivity contribution in [3.8, 4) is 17.2 Å². The molecular formula is C34H49N3O8. The summed E-state index contributed by atoms with van der Waals surface area (Å²) in [7, 11) is 1.52. The summed E-state index contributed by atoms with van der Waals surface area (Å²) in [6, 6.07) is 11.5. The van der Waals surface area contributed by atoms with Crippen molar-refractivity contribution < 1.29 is 38.5 Å². The summed E-state index contributed by atoms with van der Waals surface area (Å²) in [5.41, 5.74) is 4.13. The zero-order valence-electron chi connectivity index (χ0n) is 28.1. The SMILES string of the molecule is C[C@@H](C(=O)C(N)C(C)(C)NCC(O)c1ccc(OC(=O)C(C)(C)C)c(OC(=O)C(C)(C)C)c1)N(C)C(=O)COc1ccccc1.